The predicted molar refractivity (Wildman–Crippen MR) is 81.4 cm³/mol. The van der Waals surface area contributed by atoms with Gasteiger partial charge in [-0.3, -0.25) is 9.59 Å². The second-order valence-corrected chi connectivity index (χ2v) is 6.30. The fraction of sp³-hybridized carbons (Fsp3) is 0.625. The first kappa shape index (κ1) is 18.5. The van der Waals surface area contributed by atoms with Gasteiger partial charge in [-0.05, 0) is 18.9 Å². The molecule has 1 aliphatic rings. The van der Waals surface area contributed by atoms with Crippen molar-refractivity contribution < 1.29 is 23.1 Å². The Labute approximate surface area is 137 Å². The van der Waals surface area contributed by atoms with Crippen molar-refractivity contribution in [1.82, 2.24) is 9.88 Å². The summed E-state index contributed by atoms with van der Waals surface area (Å²) in [5, 5.41) is 13.0. The topological polar surface area (TPSA) is 71.3 Å². The molecule has 0 unspecified atom stereocenters. The van der Waals surface area contributed by atoms with Gasteiger partial charge in [-0.2, -0.15) is 13.2 Å². The highest BCUT2D eigenvalue weighted by Gasteiger charge is 2.31. The smallest absolute Gasteiger partial charge is 0.388 e. The van der Waals surface area contributed by atoms with Gasteiger partial charge in [-0.25, -0.2) is 0 Å². The van der Waals surface area contributed by atoms with Crippen molar-refractivity contribution in [2.24, 2.45) is 0 Å². The molecule has 1 aromatic heterocycles. The van der Waals surface area contributed by atoms with Gasteiger partial charge in [0.2, 0.25) is 5.91 Å². The van der Waals surface area contributed by atoms with Gasteiger partial charge in [0.15, 0.2) is 0 Å². The van der Waals surface area contributed by atoms with Crippen molar-refractivity contribution >= 4 is 5.91 Å². The highest BCUT2D eigenvalue weighted by molar-refractivity contribution is 5.75. The molecule has 0 atom stereocenters. The summed E-state index contributed by atoms with van der Waals surface area (Å²) in [5.41, 5.74) is -2.66. The normalized spacial score (nSPS) is 18.0. The number of amides is 1. The van der Waals surface area contributed by atoms with Gasteiger partial charge < -0.3 is 15.0 Å². The van der Waals surface area contributed by atoms with Gasteiger partial charge in [0.1, 0.15) is 6.54 Å². The first-order valence-corrected chi connectivity index (χ1v) is 7.96. The summed E-state index contributed by atoms with van der Waals surface area (Å²) in [7, 11) is 0. The fourth-order valence-corrected chi connectivity index (χ4v) is 2.86. The summed E-state index contributed by atoms with van der Waals surface area (Å²) in [6, 6.07) is 1.47. The lowest BCUT2D eigenvalue weighted by atomic mass is 9.94. The zero-order valence-electron chi connectivity index (χ0n) is 13.2. The molecule has 2 rings (SSSR count). The van der Waals surface area contributed by atoms with E-state index < -0.39 is 35.4 Å². The summed E-state index contributed by atoms with van der Waals surface area (Å²) in [6.07, 6.45) is 1.03. The van der Waals surface area contributed by atoms with Crippen molar-refractivity contribution in [2.45, 2.75) is 56.8 Å². The maximum Gasteiger partial charge on any atom is 0.417 e. The van der Waals surface area contributed by atoms with Crippen LogP contribution in [0.4, 0.5) is 13.2 Å². The van der Waals surface area contributed by atoms with Gasteiger partial charge in [0.05, 0.1) is 11.2 Å². The van der Waals surface area contributed by atoms with Crippen molar-refractivity contribution in [1.29, 1.82) is 0 Å². The minimum atomic E-state index is -4.58. The van der Waals surface area contributed by atoms with Crippen molar-refractivity contribution in [3.05, 3.63) is 34.2 Å². The molecule has 8 heteroatoms. The van der Waals surface area contributed by atoms with Crippen molar-refractivity contribution in [3.63, 3.8) is 0 Å². The lowest BCUT2D eigenvalue weighted by molar-refractivity contribution is -0.138. The van der Waals surface area contributed by atoms with Crippen LogP contribution >= 0.6 is 0 Å². The van der Waals surface area contributed by atoms with Crippen LogP contribution in [0.3, 0.4) is 0 Å². The molecule has 0 saturated heterocycles. The molecule has 134 valence electrons. The Hall–Kier alpha value is -1.83. The third kappa shape index (κ3) is 5.09. The average molecular weight is 346 g/mol. The van der Waals surface area contributed by atoms with E-state index in [2.05, 4.69) is 5.32 Å². The van der Waals surface area contributed by atoms with Gasteiger partial charge >= 0.3 is 6.18 Å². The minimum absolute atomic E-state index is 0.0412. The maximum atomic E-state index is 12.7. The Balaban J connectivity index is 1.98. The van der Waals surface area contributed by atoms with Gasteiger partial charge in [0, 0.05) is 18.8 Å². The molecular formula is C16H21F3N2O3. The van der Waals surface area contributed by atoms with E-state index in [1.807, 2.05) is 0 Å². The number of aliphatic hydroxyl groups is 1. The predicted octanol–water partition coefficient (Wildman–Crippen LogP) is 2.07. The van der Waals surface area contributed by atoms with Crippen molar-refractivity contribution in [2.75, 3.05) is 6.54 Å². The van der Waals surface area contributed by atoms with Crippen LogP contribution in [0, 0.1) is 0 Å². The molecule has 0 bridgehead atoms. The molecular weight excluding hydrogens is 325 g/mol. The number of pyridine rings is 1. The fourth-order valence-electron chi connectivity index (χ4n) is 2.86. The molecule has 1 amide bonds. The number of aromatic nitrogens is 1. The Morgan fingerprint density at radius 3 is 2.42 bits per heavy atom. The molecule has 24 heavy (non-hydrogen) atoms. The van der Waals surface area contributed by atoms with E-state index in [9.17, 15) is 27.9 Å². The Morgan fingerprint density at radius 1 is 1.21 bits per heavy atom. The SMILES string of the molecule is O=C(Cn1cc(C(F)(F)F)ccc1=O)NCC1(O)CCCCCC1. The van der Waals surface area contributed by atoms with E-state index in [1.54, 1.807) is 0 Å². The van der Waals surface area contributed by atoms with E-state index in [0.717, 1.165) is 36.3 Å². The molecule has 1 aliphatic carbocycles. The molecule has 0 radical (unpaired) electrons. The van der Waals surface area contributed by atoms with Crippen LogP contribution in [-0.4, -0.2) is 27.7 Å². The van der Waals surface area contributed by atoms with E-state index in [4.69, 9.17) is 0 Å². The van der Waals surface area contributed by atoms with Crippen LogP contribution in [-0.2, 0) is 17.5 Å². The molecule has 1 saturated carbocycles. The highest BCUT2D eigenvalue weighted by Crippen LogP contribution is 2.28. The zero-order valence-corrected chi connectivity index (χ0v) is 13.2. The molecule has 0 spiro atoms. The van der Waals surface area contributed by atoms with Gasteiger partial charge in [0.25, 0.3) is 5.56 Å². The van der Waals surface area contributed by atoms with Crippen LogP contribution < -0.4 is 10.9 Å². The minimum Gasteiger partial charge on any atom is -0.388 e. The lowest BCUT2D eigenvalue weighted by Gasteiger charge is -2.26. The monoisotopic (exact) mass is 346 g/mol. The number of halogens is 3. The molecule has 1 aromatic rings. The summed E-state index contributed by atoms with van der Waals surface area (Å²) < 4.78 is 38.7. The number of rotatable bonds is 4. The van der Waals surface area contributed by atoms with Crippen LogP contribution in [0.15, 0.2) is 23.1 Å². The molecule has 0 aromatic carbocycles. The Kier molecular flexibility index (Phi) is 5.69. The number of alkyl halides is 3. The van der Waals surface area contributed by atoms with E-state index >= 15 is 0 Å². The van der Waals surface area contributed by atoms with Crippen molar-refractivity contribution in [3.8, 4) is 0 Å². The molecule has 1 fully saturated rings. The number of nitrogens with zero attached hydrogens (tertiary/aromatic N) is 1. The summed E-state index contributed by atoms with van der Waals surface area (Å²) in [5.74, 6) is -0.603. The number of nitrogens with one attached hydrogen (secondary N) is 1. The third-order valence-electron chi connectivity index (χ3n) is 4.27. The molecule has 2 N–H and O–H groups in total. The van der Waals surface area contributed by atoms with Crippen LogP contribution in [0.5, 0.6) is 0 Å². The highest BCUT2D eigenvalue weighted by atomic mass is 19.4. The number of hydrogen-bond donors (Lipinski definition) is 2. The quantitative estimate of drug-likeness (QED) is 0.820. The van der Waals surface area contributed by atoms with E-state index in [0.29, 0.717) is 25.1 Å². The van der Waals surface area contributed by atoms with Gasteiger partial charge in [-0.15, -0.1) is 0 Å². The van der Waals surface area contributed by atoms with E-state index in [1.165, 1.54) is 0 Å². The first-order valence-electron chi connectivity index (χ1n) is 7.96. The Bertz CT molecular complexity index is 632. The van der Waals surface area contributed by atoms with E-state index in [-0.39, 0.29) is 6.54 Å². The van der Waals surface area contributed by atoms with Gasteiger partial charge in [-0.1, -0.05) is 25.7 Å². The average Bonchev–Trinajstić information content (AvgIpc) is 2.72. The van der Waals surface area contributed by atoms with Crippen LogP contribution in [0.25, 0.3) is 0 Å². The zero-order chi connectivity index (χ0) is 17.8. The summed E-state index contributed by atoms with van der Waals surface area (Å²) >= 11 is 0. The largest absolute Gasteiger partial charge is 0.417 e. The Morgan fingerprint density at radius 2 is 1.83 bits per heavy atom. The third-order valence-corrected chi connectivity index (χ3v) is 4.27. The summed E-state index contributed by atoms with van der Waals surface area (Å²) in [4.78, 5) is 23.5. The number of carbonyl (C=O) groups is 1. The molecule has 0 aliphatic heterocycles. The standard InChI is InChI=1S/C16H21F3N2O3/c17-16(18,19)12-5-6-14(23)21(9-12)10-13(22)20-11-15(24)7-3-1-2-4-8-15/h5-6,9,24H,1-4,7-8,10-11H2,(H,20,22). The second-order valence-electron chi connectivity index (χ2n) is 6.30. The lowest BCUT2D eigenvalue weighted by Crippen LogP contribution is -2.44. The van der Waals surface area contributed by atoms with Crippen LogP contribution in [0.2, 0.25) is 0 Å². The maximum absolute atomic E-state index is 12.7. The second kappa shape index (κ2) is 7.38. The number of carbonyl (C=O) groups excluding carboxylic acids is 1. The summed E-state index contributed by atoms with van der Waals surface area (Å²) in [6.45, 7) is -0.474. The molecule has 5 nitrogen and oxygen atoms in total. The number of hydrogen-bond acceptors (Lipinski definition) is 3. The molecule has 1 heterocycles. The van der Waals surface area contributed by atoms with Crippen LogP contribution in [0.1, 0.15) is 44.1 Å². The first-order chi connectivity index (χ1) is 11.2.